The van der Waals surface area contributed by atoms with Crippen molar-refractivity contribution in [3.05, 3.63) is 46.5 Å². The minimum Gasteiger partial charge on any atom is -0.490 e. The number of nitro groups is 1. The average Bonchev–Trinajstić information content (AvgIpc) is 3.09. The highest BCUT2D eigenvalue weighted by molar-refractivity contribution is 5.60. The summed E-state index contributed by atoms with van der Waals surface area (Å²) in [6.07, 6.45) is 5.46. The highest BCUT2D eigenvalue weighted by Gasteiger charge is 2.26. The number of methoxy groups -OCH3 is 1. The Balaban J connectivity index is 1.90. The normalized spacial score (nSPS) is 18.0. The average molecular weight is 320 g/mol. The second-order valence-electron chi connectivity index (χ2n) is 5.46. The monoisotopic (exact) mass is 320 g/mol. The van der Waals surface area contributed by atoms with E-state index in [0.717, 1.165) is 18.9 Å². The predicted octanol–water partition coefficient (Wildman–Crippen LogP) is 2.78. The number of anilines is 1. The molecule has 1 aliphatic rings. The fourth-order valence-electron chi connectivity index (χ4n) is 2.97. The fraction of sp³-hybridized carbons (Fsp3) is 0.400. The Morgan fingerprint density at radius 1 is 1.48 bits per heavy atom. The molecule has 0 N–H and O–H groups in total. The first-order valence-electron chi connectivity index (χ1n) is 7.36. The van der Waals surface area contributed by atoms with Gasteiger partial charge in [-0.3, -0.25) is 14.8 Å². The number of hydrogen-bond donors (Lipinski definition) is 0. The zero-order valence-electron chi connectivity index (χ0n) is 12.7. The number of halogens is 1. The summed E-state index contributed by atoms with van der Waals surface area (Å²) in [6.45, 7) is 1.29. The first-order chi connectivity index (χ1) is 11.1. The van der Waals surface area contributed by atoms with Crippen LogP contribution in [0.3, 0.4) is 0 Å². The van der Waals surface area contributed by atoms with E-state index in [0.29, 0.717) is 18.8 Å². The van der Waals surface area contributed by atoms with Gasteiger partial charge < -0.3 is 9.64 Å². The molecule has 8 heteroatoms. The zero-order valence-corrected chi connectivity index (χ0v) is 12.7. The van der Waals surface area contributed by atoms with Gasteiger partial charge in [-0.15, -0.1) is 0 Å². The molecule has 7 nitrogen and oxygen atoms in total. The van der Waals surface area contributed by atoms with Crippen LogP contribution in [-0.4, -0.2) is 34.9 Å². The molecule has 1 aromatic heterocycles. The molecule has 1 atom stereocenters. The summed E-state index contributed by atoms with van der Waals surface area (Å²) in [5.41, 5.74) is -0.0429. The van der Waals surface area contributed by atoms with Gasteiger partial charge in [0.1, 0.15) is 0 Å². The molecule has 2 aromatic rings. The van der Waals surface area contributed by atoms with Crippen LogP contribution in [0, 0.1) is 15.9 Å². The number of piperidine rings is 1. The molecular weight excluding hydrogens is 303 g/mol. The summed E-state index contributed by atoms with van der Waals surface area (Å²) < 4.78 is 21.3. The number of nitro benzene ring substituents is 1. The third-order valence-electron chi connectivity index (χ3n) is 4.08. The first kappa shape index (κ1) is 15.3. The third-order valence-corrected chi connectivity index (χ3v) is 4.08. The summed E-state index contributed by atoms with van der Waals surface area (Å²) in [5, 5.41) is 15.2. The van der Waals surface area contributed by atoms with Crippen LogP contribution in [0.25, 0.3) is 0 Å². The third kappa shape index (κ3) is 2.96. The summed E-state index contributed by atoms with van der Waals surface area (Å²) in [5.74, 6) is -0.550. The van der Waals surface area contributed by atoms with E-state index in [1.54, 1.807) is 6.20 Å². The minimum atomic E-state index is -0.644. The number of ether oxygens (including phenoxy) is 1. The molecular formula is C15H17FN4O3. The largest absolute Gasteiger partial charge is 0.490 e. The molecule has 1 saturated heterocycles. The highest BCUT2D eigenvalue weighted by Crippen LogP contribution is 2.36. The Kier molecular flexibility index (Phi) is 4.14. The molecule has 0 bridgehead atoms. The van der Waals surface area contributed by atoms with Gasteiger partial charge in [0, 0.05) is 31.5 Å². The molecule has 0 aliphatic carbocycles. The SMILES string of the molecule is COc1cc(N2CCCC(n3cccn3)C2)c(F)cc1[N+](=O)[O-]. The van der Waals surface area contributed by atoms with Gasteiger partial charge >= 0.3 is 5.69 Å². The van der Waals surface area contributed by atoms with Gasteiger partial charge in [0.25, 0.3) is 0 Å². The topological polar surface area (TPSA) is 73.4 Å². The Hall–Kier alpha value is -2.64. The van der Waals surface area contributed by atoms with Crippen LogP contribution < -0.4 is 9.64 Å². The van der Waals surface area contributed by atoms with Gasteiger partial charge in [0.2, 0.25) is 0 Å². The lowest BCUT2D eigenvalue weighted by Crippen LogP contribution is -2.37. The Morgan fingerprint density at radius 3 is 2.96 bits per heavy atom. The van der Waals surface area contributed by atoms with Crippen LogP contribution >= 0.6 is 0 Å². The zero-order chi connectivity index (χ0) is 16.4. The number of hydrogen-bond acceptors (Lipinski definition) is 5. The van der Waals surface area contributed by atoms with Gasteiger partial charge in [-0.25, -0.2) is 4.39 Å². The van der Waals surface area contributed by atoms with Crippen molar-refractivity contribution in [3.63, 3.8) is 0 Å². The van der Waals surface area contributed by atoms with Gasteiger partial charge in [0.15, 0.2) is 11.6 Å². The van der Waals surface area contributed by atoms with Crippen molar-refractivity contribution in [1.29, 1.82) is 0 Å². The van der Waals surface area contributed by atoms with E-state index in [4.69, 9.17) is 4.74 Å². The summed E-state index contributed by atoms with van der Waals surface area (Å²) in [7, 11) is 1.34. The maximum absolute atomic E-state index is 14.4. The van der Waals surface area contributed by atoms with Crippen molar-refractivity contribution in [2.45, 2.75) is 18.9 Å². The van der Waals surface area contributed by atoms with Crippen LogP contribution in [-0.2, 0) is 0 Å². The van der Waals surface area contributed by atoms with Crippen LogP contribution in [0.2, 0.25) is 0 Å². The summed E-state index contributed by atoms with van der Waals surface area (Å²) >= 11 is 0. The molecule has 0 saturated carbocycles. The van der Waals surface area contributed by atoms with Crippen molar-refractivity contribution < 1.29 is 14.1 Å². The fourth-order valence-corrected chi connectivity index (χ4v) is 2.97. The van der Waals surface area contributed by atoms with E-state index in [2.05, 4.69) is 5.10 Å². The van der Waals surface area contributed by atoms with E-state index in [1.165, 1.54) is 13.2 Å². The van der Waals surface area contributed by atoms with Gasteiger partial charge in [-0.1, -0.05) is 0 Å². The van der Waals surface area contributed by atoms with Crippen LogP contribution in [0.5, 0.6) is 5.75 Å². The summed E-state index contributed by atoms with van der Waals surface area (Å²) in [4.78, 5) is 12.2. The second-order valence-corrected chi connectivity index (χ2v) is 5.46. The molecule has 1 aromatic carbocycles. The van der Waals surface area contributed by atoms with Crippen molar-refractivity contribution >= 4 is 11.4 Å². The number of nitrogens with zero attached hydrogens (tertiary/aromatic N) is 4. The van der Waals surface area contributed by atoms with E-state index in [1.807, 2.05) is 21.8 Å². The minimum absolute atomic E-state index is 0.0626. The second kappa shape index (κ2) is 6.23. The van der Waals surface area contributed by atoms with E-state index in [-0.39, 0.29) is 17.5 Å². The van der Waals surface area contributed by atoms with Crippen LogP contribution in [0.15, 0.2) is 30.6 Å². The van der Waals surface area contributed by atoms with Gasteiger partial charge in [0.05, 0.1) is 29.8 Å². The van der Waals surface area contributed by atoms with Crippen LogP contribution in [0.1, 0.15) is 18.9 Å². The Morgan fingerprint density at radius 2 is 2.30 bits per heavy atom. The van der Waals surface area contributed by atoms with Gasteiger partial charge in [-0.05, 0) is 18.9 Å². The molecule has 23 heavy (non-hydrogen) atoms. The van der Waals surface area contributed by atoms with Crippen LogP contribution in [0.4, 0.5) is 15.8 Å². The molecule has 0 radical (unpaired) electrons. The molecule has 2 heterocycles. The molecule has 122 valence electrons. The van der Waals surface area contributed by atoms with Crippen molar-refractivity contribution in [2.75, 3.05) is 25.1 Å². The predicted molar refractivity (Wildman–Crippen MR) is 82.3 cm³/mol. The molecule has 0 amide bonds. The summed E-state index contributed by atoms with van der Waals surface area (Å²) in [6, 6.07) is 4.33. The van der Waals surface area contributed by atoms with Crippen molar-refractivity contribution in [3.8, 4) is 5.75 Å². The smallest absolute Gasteiger partial charge is 0.313 e. The molecule has 1 fully saturated rings. The Bertz CT molecular complexity index is 705. The van der Waals surface area contributed by atoms with Gasteiger partial charge in [-0.2, -0.15) is 5.10 Å². The van der Waals surface area contributed by atoms with Crippen molar-refractivity contribution in [2.24, 2.45) is 0 Å². The van der Waals surface area contributed by atoms with E-state index in [9.17, 15) is 14.5 Å². The first-order valence-corrected chi connectivity index (χ1v) is 7.36. The molecule has 1 unspecified atom stereocenters. The lowest BCUT2D eigenvalue weighted by atomic mass is 10.0. The molecule has 3 rings (SSSR count). The molecule has 1 aliphatic heterocycles. The number of rotatable bonds is 4. The van der Waals surface area contributed by atoms with E-state index >= 15 is 0 Å². The van der Waals surface area contributed by atoms with Crippen molar-refractivity contribution in [1.82, 2.24) is 9.78 Å². The number of aromatic nitrogens is 2. The number of benzene rings is 1. The quantitative estimate of drug-likeness (QED) is 0.640. The maximum atomic E-state index is 14.4. The lowest BCUT2D eigenvalue weighted by Gasteiger charge is -2.34. The molecule has 0 spiro atoms. The maximum Gasteiger partial charge on any atom is 0.313 e. The Labute approximate surface area is 132 Å². The highest BCUT2D eigenvalue weighted by atomic mass is 19.1. The standard InChI is InChI=1S/C15H17FN4O3/c1-23-15-9-13(12(16)8-14(15)20(21)22)18-6-2-4-11(10-18)19-7-3-5-17-19/h3,5,7-9,11H,2,4,6,10H2,1H3. The lowest BCUT2D eigenvalue weighted by molar-refractivity contribution is -0.385. The van der Waals surface area contributed by atoms with E-state index < -0.39 is 10.7 Å².